The molecule has 31 heavy (non-hydrogen) atoms. The number of guanidine groups is 1. The number of nitrogens with one attached hydrogen (secondary N) is 2. The highest BCUT2D eigenvalue weighted by Crippen LogP contribution is 2.33. The lowest BCUT2D eigenvalue weighted by molar-refractivity contribution is -0.130. The summed E-state index contributed by atoms with van der Waals surface area (Å²) in [5.74, 6) is 1.16. The van der Waals surface area contributed by atoms with Gasteiger partial charge in [-0.15, -0.1) is 24.0 Å². The summed E-state index contributed by atoms with van der Waals surface area (Å²) >= 11 is 0. The summed E-state index contributed by atoms with van der Waals surface area (Å²) in [4.78, 5) is 19.1. The van der Waals surface area contributed by atoms with Gasteiger partial charge >= 0.3 is 0 Å². The molecule has 1 heterocycles. The minimum atomic E-state index is 0. The normalized spacial score (nSPS) is 19.3. The minimum Gasteiger partial charge on any atom is -0.377 e. The molecule has 0 saturated carbocycles. The third kappa shape index (κ3) is 9.35. The van der Waals surface area contributed by atoms with Crippen LogP contribution in [0.5, 0.6) is 0 Å². The SMILES string of the molecule is CCNC(=NCC(=O)N(CC)Cc1ccccc1)NCC1CCCOC1C(C)(C)C.I. The quantitative estimate of drug-likeness (QED) is 0.295. The van der Waals surface area contributed by atoms with Crippen LogP contribution in [0.4, 0.5) is 0 Å². The fourth-order valence-corrected chi connectivity index (χ4v) is 4.01. The molecule has 1 amide bonds. The predicted octanol–water partition coefficient (Wildman–Crippen LogP) is 4.05. The molecule has 2 atom stereocenters. The van der Waals surface area contributed by atoms with Gasteiger partial charge in [0.25, 0.3) is 0 Å². The van der Waals surface area contributed by atoms with E-state index in [-0.39, 0.29) is 47.9 Å². The van der Waals surface area contributed by atoms with Gasteiger partial charge in [0.05, 0.1) is 6.10 Å². The van der Waals surface area contributed by atoms with E-state index in [1.807, 2.05) is 49.1 Å². The summed E-state index contributed by atoms with van der Waals surface area (Å²) in [6.45, 7) is 14.6. The van der Waals surface area contributed by atoms with Crippen molar-refractivity contribution in [2.24, 2.45) is 16.3 Å². The van der Waals surface area contributed by atoms with Crippen LogP contribution in [0.3, 0.4) is 0 Å². The molecule has 2 N–H and O–H groups in total. The summed E-state index contributed by atoms with van der Waals surface area (Å²) < 4.78 is 6.09. The number of hydrogen-bond donors (Lipinski definition) is 2. The molecule has 0 aliphatic carbocycles. The van der Waals surface area contributed by atoms with Crippen LogP contribution in [0, 0.1) is 11.3 Å². The molecule has 1 aliphatic rings. The van der Waals surface area contributed by atoms with Crippen molar-refractivity contribution in [2.75, 3.05) is 32.8 Å². The van der Waals surface area contributed by atoms with Crippen LogP contribution in [0.2, 0.25) is 0 Å². The van der Waals surface area contributed by atoms with Crippen molar-refractivity contribution >= 4 is 35.8 Å². The molecule has 1 aromatic carbocycles. The monoisotopic (exact) mass is 544 g/mol. The van der Waals surface area contributed by atoms with E-state index >= 15 is 0 Å². The number of rotatable bonds is 8. The van der Waals surface area contributed by atoms with Gasteiger partial charge in [-0.05, 0) is 37.7 Å². The number of aliphatic imine (C=N–C) groups is 1. The van der Waals surface area contributed by atoms with Gasteiger partial charge in [0.2, 0.25) is 5.91 Å². The first-order chi connectivity index (χ1) is 14.3. The second-order valence-electron chi connectivity index (χ2n) is 9.03. The largest absolute Gasteiger partial charge is 0.377 e. The lowest BCUT2D eigenvalue weighted by Crippen LogP contribution is -2.47. The Morgan fingerprint density at radius 1 is 1.19 bits per heavy atom. The molecule has 0 aromatic heterocycles. The molecule has 0 spiro atoms. The highest BCUT2D eigenvalue weighted by Gasteiger charge is 2.35. The van der Waals surface area contributed by atoms with Crippen molar-refractivity contribution in [3.05, 3.63) is 35.9 Å². The van der Waals surface area contributed by atoms with Crippen LogP contribution in [-0.4, -0.2) is 55.7 Å². The van der Waals surface area contributed by atoms with E-state index < -0.39 is 0 Å². The summed E-state index contributed by atoms with van der Waals surface area (Å²) in [5, 5.41) is 6.71. The zero-order valence-electron chi connectivity index (χ0n) is 19.8. The van der Waals surface area contributed by atoms with E-state index in [1.54, 1.807) is 0 Å². The second-order valence-corrected chi connectivity index (χ2v) is 9.03. The van der Waals surface area contributed by atoms with Crippen LogP contribution < -0.4 is 10.6 Å². The van der Waals surface area contributed by atoms with Crippen molar-refractivity contribution < 1.29 is 9.53 Å². The average molecular weight is 545 g/mol. The van der Waals surface area contributed by atoms with Crippen LogP contribution in [-0.2, 0) is 16.1 Å². The zero-order valence-corrected chi connectivity index (χ0v) is 22.1. The summed E-state index contributed by atoms with van der Waals surface area (Å²) in [6, 6.07) is 10.1. The Bertz CT molecular complexity index is 676. The maximum Gasteiger partial charge on any atom is 0.244 e. The Labute approximate surface area is 205 Å². The first kappa shape index (κ1) is 27.7. The van der Waals surface area contributed by atoms with Crippen molar-refractivity contribution in [3.63, 3.8) is 0 Å². The Morgan fingerprint density at radius 3 is 2.52 bits per heavy atom. The first-order valence-electron chi connectivity index (χ1n) is 11.3. The lowest BCUT2D eigenvalue weighted by Gasteiger charge is -2.40. The van der Waals surface area contributed by atoms with E-state index in [1.165, 1.54) is 0 Å². The van der Waals surface area contributed by atoms with Crippen LogP contribution in [0.25, 0.3) is 0 Å². The zero-order chi connectivity index (χ0) is 22.0. The number of carbonyl (C=O) groups excluding carboxylic acids is 1. The molecule has 1 saturated heterocycles. The molecular weight excluding hydrogens is 503 g/mol. The predicted molar refractivity (Wildman–Crippen MR) is 139 cm³/mol. The fourth-order valence-electron chi connectivity index (χ4n) is 4.01. The van der Waals surface area contributed by atoms with Gasteiger partial charge in [-0.2, -0.15) is 0 Å². The highest BCUT2D eigenvalue weighted by molar-refractivity contribution is 14.0. The fraction of sp³-hybridized carbons (Fsp3) is 0.667. The van der Waals surface area contributed by atoms with E-state index in [0.717, 1.165) is 38.1 Å². The second kappa shape index (κ2) is 13.9. The summed E-state index contributed by atoms with van der Waals surface area (Å²) in [6.07, 6.45) is 2.47. The van der Waals surface area contributed by atoms with Gasteiger partial charge in [-0.25, -0.2) is 4.99 Å². The van der Waals surface area contributed by atoms with Gasteiger partial charge in [-0.3, -0.25) is 4.79 Å². The Hall–Kier alpha value is -1.35. The maximum absolute atomic E-state index is 12.7. The topological polar surface area (TPSA) is 66.0 Å². The van der Waals surface area contributed by atoms with Crippen molar-refractivity contribution in [1.82, 2.24) is 15.5 Å². The molecule has 176 valence electrons. The molecule has 2 unspecified atom stereocenters. The van der Waals surface area contributed by atoms with E-state index in [2.05, 4.69) is 36.4 Å². The lowest BCUT2D eigenvalue weighted by atomic mass is 9.78. The van der Waals surface area contributed by atoms with Gasteiger partial charge in [0.15, 0.2) is 5.96 Å². The standard InChI is InChI=1S/C24H40N4O2.HI/c1-6-25-23(26-16-20-14-11-15-30-22(20)24(3,4)5)27-17-21(29)28(7-2)18-19-12-9-8-10-13-19;/h8-10,12-13,20,22H,6-7,11,14-18H2,1-5H3,(H2,25,26,27);1H. The van der Waals surface area contributed by atoms with Crippen molar-refractivity contribution in [2.45, 2.75) is 60.1 Å². The van der Waals surface area contributed by atoms with E-state index in [9.17, 15) is 4.79 Å². The van der Waals surface area contributed by atoms with Crippen LogP contribution in [0.1, 0.15) is 53.0 Å². The molecule has 1 fully saturated rings. The number of nitrogens with zero attached hydrogens (tertiary/aromatic N) is 2. The van der Waals surface area contributed by atoms with Crippen molar-refractivity contribution in [1.29, 1.82) is 0 Å². The Morgan fingerprint density at radius 2 is 1.90 bits per heavy atom. The highest BCUT2D eigenvalue weighted by atomic mass is 127. The molecule has 7 heteroatoms. The Kier molecular flexibility index (Phi) is 12.4. The maximum atomic E-state index is 12.7. The number of benzene rings is 1. The molecule has 2 rings (SSSR count). The number of carbonyl (C=O) groups is 1. The van der Waals surface area contributed by atoms with Gasteiger partial charge in [0.1, 0.15) is 6.54 Å². The smallest absolute Gasteiger partial charge is 0.244 e. The molecule has 1 aliphatic heterocycles. The average Bonchev–Trinajstić information content (AvgIpc) is 2.74. The molecule has 0 radical (unpaired) electrons. The third-order valence-corrected chi connectivity index (χ3v) is 5.50. The molecule has 6 nitrogen and oxygen atoms in total. The number of ether oxygens (including phenoxy) is 1. The number of likely N-dealkylation sites (N-methyl/N-ethyl adjacent to an activating group) is 1. The number of amides is 1. The van der Waals surface area contributed by atoms with Gasteiger partial charge in [0, 0.05) is 38.7 Å². The summed E-state index contributed by atoms with van der Waals surface area (Å²) in [5.41, 5.74) is 1.24. The third-order valence-electron chi connectivity index (χ3n) is 5.50. The summed E-state index contributed by atoms with van der Waals surface area (Å²) in [7, 11) is 0. The minimum absolute atomic E-state index is 0. The molecular formula is C24H41IN4O2. The van der Waals surface area contributed by atoms with Crippen molar-refractivity contribution in [3.8, 4) is 0 Å². The Balaban J connectivity index is 0.00000480. The van der Waals surface area contributed by atoms with Gasteiger partial charge < -0.3 is 20.3 Å². The first-order valence-corrected chi connectivity index (χ1v) is 11.3. The van der Waals surface area contributed by atoms with Crippen LogP contribution >= 0.6 is 24.0 Å². The molecule has 0 bridgehead atoms. The van der Waals surface area contributed by atoms with E-state index in [4.69, 9.17) is 4.74 Å². The number of halogens is 1. The molecule has 1 aromatic rings. The van der Waals surface area contributed by atoms with E-state index in [0.29, 0.717) is 25.0 Å². The van der Waals surface area contributed by atoms with Gasteiger partial charge in [-0.1, -0.05) is 51.1 Å². The van der Waals surface area contributed by atoms with Crippen LogP contribution in [0.15, 0.2) is 35.3 Å². The number of hydrogen-bond acceptors (Lipinski definition) is 3.